The minimum absolute atomic E-state index is 0.0868. The van der Waals surface area contributed by atoms with Gasteiger partial charge in [-0.1, -0.05) is 45.0 Å². The van der Waals surface area contributed by atoms with Crippen LogP contribution >= 0.6 is 0 Å². The Morgan fingerprint density at radius 1 is 1.05 bits per heavy atom. The van der Waals surface area contributed by atoms with Gasteiger partial charge in [0, 0.05) is 12.0 Å². The smallest absolute Gasteiger partial charge is 0.167 e. The van der Waals surface area contributed by atoms with Crippen LogP contribution in [0.2, 0.25) is 0 Å². The average molecular weight is 288 g/mol. The normalized spacial score (nSPS) is 11.5. The predicted molar refractivity (Wildman–Crippen MR) is 79.5 cm³/mol. The summed E-state index contributed by atoms with van der Waals surface area (Å²) in [5.74, 6) is -1.30. The van der Waals surface area contributed by atoms with Gasteiger partial charge >= 0.3 is 0 Å². The Balaban J connectivity index is 2.36. The van der Waals surface area contributed by atoms with Crippen molar-refractivity contribution in [3.63, 3.8) is 0 Å². The van der Waals surface area contributed by atoms with Crippen molar-refractivity contribution in [1.82, 2.24) is 0 Å². The lowest BCUT2D eigenvalue weighted by atomic mass is 9.82. The van der Waals surface area contributed by atoms with Gasteiger partial charge in [0.15, 0.2) is 5.78 Å². The lowest BCUT2D eigenvalue weighted by molar-refractivity contribution is 0.0989. The van der Waals surface area contributed by atoms with Crippen molar-refractivity contribution in [3.8, 4) is 0 Å². The van der Waals surface area contributed by atoms with E-state index in [0.717, 1.165) is 23.8 Å². The van der Waals surface area contributed by atoms with E-state index in [9.17, 15) is 13.6 Å². The predicted octanol–water partition coefficient (Wildman–Crippen LogP) is 4.69. The molecule has 0 aromatic heterocycles. The summed E-state index contributed by atoms with van der Waals surface area (Å²) in [6.45, 7) is 6.05. The number of rotatable bonds is 3. The first kappa shape index (κ1) is 15.4. The van der Waals surface area contributed by atoms with Gasteiger partial charge in [-0.15, -0.1) is 0 Å². The fraction of sp³-hybridized carbons (Fsp3) is 0.278. The number of carbonyl (C=O) groups is 1. The summed E-state index contributed by atoms with van der Waals surface area (Å²) in [4.78, 5) is 12.5. The molecule has 0 saturated heterocycles. The summed E-state index contributed by atoms with van der Waals surface area (Å²) in [7, 11) is 0. The van der Waals surface area contributed by atoms with E-state index in [1.807, 2.05) is 32.9 Å². The molecule has 110 valence electrons. The van der Waals surface area contributed by atoms with Crippen molar-refractivity contribution in [1.29, 1.82) is 0 Å². The van der Waals surface area contributed by atoms with Crippen LogP contribution in [-0.4, -0.2) is 5.78 Å². The number of ketones is 1. The van der Waals surface area contributed by atoms with E-state index in [-0.39, 0.29) is 23.2 Å². The van der Waals surface area contributed by atoms with Gasteiger partial charge in [0.25, 0.3) is 0 Å². The fourth-order valence-corrected chi connectivity index (χ4v) is 2.33. The summed E-state index contributed by atoms with van der Waals surface area (Å²) in [5, 5.41) is 0. The molecule has 2 aromatic carbocycles. The summed E-state index contributed by atoms with van der Waals surface area (Å²) < 4.78 is 26.9. The second-order valence-electron chi connectivity index (χ2n) is 6.13. The van der Waals surface area contributed by atoms with Crippen LogP contribution in [0.15, 0.2) is 42.5 Å². The SMILES string of the molecule is CC(C)(C)c1ccccc1C(=O)Cc1cc(F)ccc1F. The Bertz CT molecular complexity index is 669. The third kappa shape index (κ3) is 3.54. The molecule has 0 atom stereocenters. The molecule has 0 heterocycles. The molecule has 0 fully saturated rings. The topological polar surface area (TPSA) is 17.1 Å². The van der Waals surface area contributed by atoms with Gasteiger partial charge < -0.3 is 0 Å². The molecule has 0 unspecified atom stereocenters. The summed E-state index contributed by atoms with van der Waals surface area (Å²) in [6, 6.07) is 10.5. The van der Waals surface area contributed by atoms with Crippen LogP contribution in [0.1, 0.15) is 42.3 Å². The first-order valence-corrected chi connectivity index (χ1v) is 6.85. The van der Waals surface area contributed by atoms with Gasteiger partial charge in [0.1, 0.15) is 11.6 Å². The van der Waals surface area contributed by atoms with E-state index in [4.69, 9.17) is 0 Å². The molecule has 0 amide bonds. The van der Waals surface area contributed by atoms with E-state index in [1.165, 1.54) is 0 Å². The number of benzene rings is 2. The van der Waals surface area contributed by atoms with Crippen molar-refractivity contribution < 1.29 is 13.6 Å². The Morgan fingerprint density at radius 3 is 2.38 bits per heavy atom. The average Bonchev–Trinajstić information content (AvgIpc) is 2.42. The van der Waals surface area contributed by atoms with Crippen molar-refractivity contribution in [3.05, 3.63) is 70.8 Å². The minimum atomic E-state index is -0.557. The van der Waals surface area contributed by atoms with E-state index >= 15 is 0 Å². The second kappa shape index (κ2) is 5.76. The molecule has 0 aliphatic rings. The third-order valence-corrected chi connectivity index (χ3v) is 3.39. The maximum atomic E-state index is 13.7. The lowest BCUT2D eigenvalue weighted by Gasteiger charge is -2.22. The van der Waals surface area contributed by atoms with Gasteiger partial charge in [0.2, 0.25) is 0 Å². The van der Waals surface area contributed by atoms with Crippen molar-refractivity contribution in [2.24, 2.45) is 0 Å². The maximum Gasteiger partial charge on any atom is 0.167 e. The second-order valence-corrected chi connectivity index (χ2v) is 6.13. The molecule has 0 spiro atoms. The zero-order valence-corrected chi connectivity index (χ0v) is 12.4. The molecular formula is C18H18F2O. The maximum absolute atomic E-state index is 13.7. The van der Waals surface area contributed by atoms with Crippen LogP contribution in [0.3, 0.4) is 0 Å². The van der Waals surface area contributed by atoms with Crippen molar-refractivity contribution in [2.45, 2.75) is 32.6 Å². The molecule has 0 aliphatic carbocycles. The zero-order valence-electron chi connectivity index (χ0n) is 12.4. The monoisotopic (exact) mass is 288 g/mol. The highest BCUT2D eigenvalue weighted by molar-refractivity contribution is 5.99. The number of hydrogen-bond donors (Lipinski definition) is 0. The highest BCUT2D eigenvalue weighted by Crippen LogP contribution is 2.27. The van der Waals surface area contributed by atoms with E-state index < -0.39 is 11.6 Å². The van der Waals surface area contributed by atoms with E-state index in [0.29, 0.717) is 5.56 Å². The Hall–Kier alpha value is -2.03. The first-order valence-electron chi connectivity index (χ1n) is 6.85. The number of Topliss-reactive ketones (excluding diaryl/α,β-unsaturated/α-hetero) is 1. The van der Waals surface area contributed by atoms with Crippen molar-refractivity contribution in [2.75, 3.05) is 0 Å². The standard InChI is InChI=1S/C18H18F2O/c1-18(2,3)15-7-5-4-6-14(15)17(21)11-12-10-13(19)8-9-16(12)20/h4-10H,11H2,1-3H3. The molecule has 0 radical (unpaired) electrons. The van der Waals surface area contributed by atoms with Gasteiger partial charge in [0.05, 0.1) is 0 Å². The summed E-state index contributed by atoms with van der Waals surface area (Å²) in [6.07, 6.45) is -0.142. The van der Waals surface area contributed by atoms with Crippen LogP contribution in [0.4, 0.5) is 8.78 Å². The molecule has 2 rings (SSSR count). The highest BCUT2D eigenvalue weighted by Gasteiger charge is 2.21. The van der Waals surface area contributed by atoms with Crippen LogP contribution in [-0.2, 0) is 11.8 Å². The van der Waals surface area contributed by atoms with Gasteiger partial charge in [-0.3, -0.25) is 4.79 Å². The molecule has 0 aliphatic heterocycles. The first-order chi connectivity index (χ1) is 9.79. The Morgan fingerprint density at radius 2 is 1.71 bits per heavy atom. The third-order valence-electron chi connectivity index (χ3n) is 3.39. The van der Waals surface area contributed by atoms with Crippen molar-refractivity contribution >= 4 is 5.78 Å². The minimum Gasteiger partial charge on any atom is -0.294 e. The van der Waals surface area contributed by atoms with Crippen LogP contribution in [0, 0.1) is 11.6 Å². The van der Waals surface area contributed by atoms with Gasteiger partial charge in [-0.25, -0.2) is 8.78 Å². The zero-order chi connectivity index (χ0) is 15.6. The molecular weight excluding hydrogens is 270 g/mol. The number of carbonyl (C=O) groups excluding carboxylic acids is 1. The van der Waals surface area contributed by atoms with Crippen LogP contribution < -0.4 is 0 Å². The number of hydrogen-bond acceptors (Lipinski definition) is 1. The van der Waals surface area contributed by atoms with Gasteiger partial charge in [-0.05, 0) is 34.7 Å². The Kier molecular flexibility index (Phi) is 4.21. The lowest BCUT2D eigenvalue weighted by Crippen LogP contribution is -2.18. The number of halogens is 2. The molecule has 0 N–H and O–H groups in total. The molecule has 0 saturated carbocycles. The quantitative estimate of drug-likeness (QED) is 0.749. The summed E-state index contributed by atoms with van der Waals surface area (Å²) in [5.41, 5.74) is 1.37. The van der Waals surface area contributed by atoms with E-state index in [2.05, 4.69) is 0 Å². The van der Waals surface area contributed by atoms with Crippen LogP contribution in [0.25, 0.3) is 0 Å². The fourth-order valence-electron chi connectivity index (χ4n) is 2.33. The molecule has 1 nitrogen and oxygen atoms in total. The largest absolute Gasteiger partial charge is 0.294 e. The highest BCUT2D eigenvalue weighted by atomic mass is 19.1. The van der Waals surface area contributed by atoms with Gasteiger partial charge in [-0.2, -0.15) is 0 Å². The molecule has 0 bridgehead atoms. The molecule has 2 aromatic rings. The van der Waals surface area contributed by atoms with Crippen LogP contribution in [0.5, 0.6) is 0 Å². The van der Waals surface area contributed by atoms with E-state index in [1.54, 1.807) is 12.1 Å². The molecule has 21 heavy (non-hydrogen) atoms. The Labute approximate surface area is 123 Å². The summed E-state index contributed by atoms with van der Waals surface area (Å²) >= 11 is 0. The molecule has 3 heteroatoms.